The van der Waals surface area contributed by atoms with Gasteiger partial charge in [-0.2, -0.15) is 0 Å². The number of hydrogen-bond acceptors (Lipinski definition) is 3. The van der Waals surface area contributed by atoms with Crippen LogP contribution in [-0.2, 0) is 0 Å². The van der Waals surface area contributed by atoms with Crippen molar-refractivity contribution in [1.82, 2.24) is 15.5 Å². The molecule has 2 N–H and O–H groups in total. The number of halogens is 1. The molecule has 1 aromatic carbocycles. The van der Waals surface area contributed by atoms with E-state index in [9.17, 15) is 0 Å². The number of nitrogens with one attached hydrogen (secondary N) is 2. The van der Waals surface area contributed by atoms with Crippen LogP contribution in [0.4, 0.5) is 5.69 Å². The number of guanidine groups is 1. The molecule has 2 unspecified atom stereocenters. The molecule has 1 saturated carbocycles. The second-order valence-corrected chi connectivity index (χ2v) is 7.69. The van der Waals surface area contributed by atoms with Gasteiger partial charge in [0, 0.05) is 55.5 Å². The molecule has 138 valence electrons. The number of anilines is 1. The van der Waals surface area contributed by atoms with E-state index in [0.29, 0.717) is 12.1 Å². The van der Waals surface area contributed by atoms with Gasteiger partial charge in [-0.05, 0) is 51.4 Å². The highest BCUT2D eigenvalue weighted by Gasteiger charge is 2.29. The molecule has 0 amide bonds. The molecule has 2 fully saturated rings. The highest BCUT2D eigenvalue weighted by molar-refractivity contribution is 6.30. The summed E-state index contributed by atoms with van der Waals surface area (Å²) < 4.78 is 0. The highest BCUT2D eigenvalue weighted by Crippen LogP contribution is 2.26. The molecule has 1 aliphatic heterocycles. The molecule has 2 aliphatic rings. The van der Waals surface area contributed by atoms with E-state index in [2.05, 4.69) is 45.5 Å². The van der Waals surface area contributed by atoms with E-state index in [0.717, 1.165) is 43.1 Å². The molecule has 1 aliphatic carbocycles. The van der Waals surface area contributed by atoms with Crippen LogP contribution in [0.25, 0.3) is 0 Å². The fraction of sp³-hybridized carbons (Fsp3) is 0.632. The van der Waals surface area contributed by atoms with Crippen LogP contribution in [0.15, 0.2) is 29.3 Å². The first-order valence-corrected chi connectivity index (χ1v) is 9.64. The Morgan fingerprint density at radius 1 is 1.40 bits per heavy atom. The van der Waals surface area contributed by atoms with E-state index in [1.165, 1.54) is 18.5 Å². The number of likely N-dealkylation sites (N-methyl/N-ethyl adjacent to an activating group) is 1. The van der Waals surface area contributed by atoms with Gasteiger partial charge in [0.15, 0.2) is 5.96 Å². The maximum Gasteiger partial charge on any atom is 0.191 e. The Morgan fingerprint density at radius 2 is 2.20 bits per heavy atom. The summed E-state index contributed by atoms with van der Waals surface area (Å²) in [5.41, 5.74) is 1.19. The zero-order valence-electron chi connectivity index (χ0n) is 15.5. The van der Waals surface area contributed by atoms with Gasteiger partial charge in [0.25, 0.3) is 0 Å². The first-order chi connectivity index (χ1) is 12.1. The Hall–Kier alpha value is -1.46. The first kappa shape index (κ1) is 18.3. The summed E-state index contributed by atoms with van der Waals surface area (Å²) in [4.78, 5) is 9.24. The summed E-state index contributed by atoms with van der Waals surface area (Å²) >= 11 is 6.11. The topological polar surface area (TPSA) is 42.9 Å². The van der Waals surface area contributed by atoms with Crippen molar-refractivity contribution in [3.05, 3.63) is 29.3 Å². The molecular weight excluding hydrogens is 334 g/mol. The minimum absolute atomic E-state index is 0.404. The predicted molar refractivity (Wildman–Crippen MR) is 107 cm³/mol. The summed E-state index contributed by atoms with van der Waals surface area (Å²) in [5, 5.41) is 7.84. The minimum Gasteiger partial charge on any atom is -0.369 e. The predicted octanol–water partition coefficient (Wildman–Crippen LogP) is 2.57. The second-order valence-electron chi connectivity index (χ2n) is 7.25. The summed E-state index contributed by atoms with van der Waals surface area (Å²) in [7, 11) is 4.06. The van der Waals surface area contributed by atoms with Crippen molar-refractivity contribution in [2.24, 2.45) is 4.99 Å². The van der Waals surface area contributed by atoms with E-state index in [-0.39, 0.29) is 0 Å². The molecule has 25 heavy (non-hydrogen) atoms. The van der Waals surface area contributed by atoms with E-state index < -0.39 is 0 Å². The monoisotopic (exact) mass is 363 g/mol. The summed E-state index contributed by atoms with van der Waals surface area (Å²) in [5.74, 6) is 0.897. The molecular formula is C19H30ClN5. The lowest BCUT2D eigenvalue weighted by atomic mass is 10.2. The molecule has 1 heterocycles. The van der Waals surface area contributed by atoms with E-state index in [1.807, 2.05) is 25.2 Å². The van der Waals surface area contributed by atoms with Crippen LogP contribution < -0.4 is 15.5 Å². The molecule has 3 rings (SSSR count). The zero-order valence-corrected chi connectivity index (χ0v) is 16.3. The van der Waals surface area contributed by atoms with Crippen LogP contribution in [0.3, 0.4) is 0 Å². The molecule has 0 spiro atoms. The molecule has 0 aromatic heterocycles. The van der Waals surface area contributed by atoms with Crippen molar-refractivity contribution < 1.29 is 0 Å². The minimum atomic E-state index is 0.404. The third-order valence-electron chi connectivity index (χ3n) is 5.31. The Balaban J connectivity index is 1.46. The average molecular weight is 364 g/mol. The average Bonchev–Trinajstić information content (AvgIpc) is 3.36. The van der Waals surface area contributed by atoms with Crippen molar-refractivity contribution >= 4 is 23.2 Å². The normalized spacial score (nSPS) is 22.4. The van der Waals surface area contributed by atoms with Crippen LogP contribution in [-0.4, -0.2) is 62.7 Å². The Bertz CT molecular complexity index is 601. The molecule has 5 nitrogen and oxygen atoms in total. The number of rotatable bonds is 6. The number of aliphatic imine (C=N–C) groups is 1. The fourth-order valence-corrected chi connectivity index (χ4v) is 3.59. The van der Waals surface area contributed by atoms with Crippen molar-refractivity contribution in [1.29, 1.82) is 0 Å². The standard InChI is InChI=1S/C19H30ClN5/c1-14(24(3)17-7-8-17)12-22-19(21-2)23-16-9-10-25(13-16)18-6-4-5-15(20)11-18/h4-6,11,14,16-17H,7-10,12-13H2,1-3H3,(H2,21,22,23). The lowest BCUT2D eigenvalue weighted by Crippen LogP contribution is -2.48. The zero-order chi connectivity index (χ0) is 17.8. The maximum absolute atomic E-state index is 6.11. The largest absolute Gasteiger partial charge is 0.369 e. The van der Waals surface area contributed by atoms with Gasteiger partial charge in [-0.15, -0.1) is 0 Å². The third-order valence-corrected chi connectivity index (χ3v) is 5.54. The van der Waals surface area contributed by atoms with Crippen LogP contribution in [0.2, 0.25) is 5.02 Å². The Morgan fingerprint density at radius 3 is 2.88 bits per heavy atom. The van der Waals surface area contributed by atoms with Crippen molar-refractivity contribution in [3.63, 3.8) is 0 Å². The van der Waals surface area contributed by atoms with E-state index in [4.69, 9.17) is 11.6 Å². The lowest BCUT2D eigenvalue weighted by molar-refractivity contribution is 0.247. The van der Waals surface area contributed by atoms with E-state index >= 15 is 0 Å². The van der Waals surface area contributed by atoms with Crippen LogP contribution in [0.5, 0.6) is 0 Å². The highest BCUT2D eigenvalue weighted by atomic mass is 35.5. The van der Waals surface area contributed by atoms with Gasteiger partial charge < -0.3 is 15.5 Å². The summed E-state index contributed by atoms with van der Waals surface area (Å²) in [6.07, 6.45) is 3.79. The van der Waals surface area contributed by atoms with Crippen LogP contribution >= 0.6 is 11.6 Å². The van der Waals surface area contributed by atoms with E-state index in [1.54, 1.807) is 0 Å². The summed E-state index contributed by atoms with van der Waals surface area (Å²) in [6, 6.07) is 9.79. The third kappa shape index (κ3) is 5.02. The molecule has 1 saturated heterocycles. The smallest absolute Gasteiger partial charge is 0.191 e. The van der Waals surface area contributed by atoms with Crippen molar-refractivity contribution in [2.45, 2.75) is 44.3 Å². The first-order valence-electron chi connectivity index (χ1n) is 9.26. The lowest BCUT2D eigenvalue weighted by Gasteiger charge is -2.26. The van der Waals surface area contributed by atoms with Gasteiger partial charge in [-0.25, -0.2) is 0 Å². The molecule has 2 atom stereocenters. The fourth-order valence-electron chi connectivity index (χ4n) is 3.40. The Kier molecular flexibility index (Phi) is 6.07. The quantitative estimate of drug-likeness (QED) is 0.602. The van der Waals surface area contributed by atoms with Gasteiger partial charge in [-0.3, -0.25) is 9.89 Å². The van der Waals surface area contributed by atoms with Crippen LogP contribution in [0, 0.1) is 0 Å². The van der Waals surface area contributed by atoms with Crippen molar-refractivity contribution in [3.8, 4) is 0 Å². The number of hydrogen-bond donors (Lipinski definition) is 2. The molecule has 0 bridgehead atoms. The Labute approximate surface area is 156 Å². The number of benzene rings is 1. The van der Waals surface area contributed by atoms with Gasteiger partial charge in [-0.1, -0.05) is 17.7 Å². The van der Waals surface area contributed by atoms with Crippen LogP contribution in [0.1, 0.15) is 26.2 Å². The van der Waals surface area contributed by atoms with Crippen molar-refractivity contribution in [2.75, 3.05) is 38.6 Å². The molecule has 0 radical (unpaired) electrons. The molecule has 6 heteroatoms. The molecule has 1 aromatic rings. The SMILES string of the molecule is CN=C(NCC(C)N(C)C1CC1)NC1CCN(c2cccc(Cl)c2)C1. The van der Waals surface area contributed by atoms with Gasteiger partial charge in [0.05, 0.1) is 0 Å². The van der Waals surface area contributed by atoms with Gasteiger partial charge >= 0.3 is 0 Å². The maximum atomic E-state index is 6.11. The summed E-state index contributed by atoms with van der Waals surface area (Å²) in [6.45, 7) is 5.20. The van der Waals surface area contributed by atoms with Gasteiger partial charge in [0.1, 0.15) is 0 Å². The number of nitrogens with zero attached hydrogens (tertiary/aromatic N) is 3. The second kappa shape index (κ2) is 8.28. The van der Waals surface area contributed by atoms with Gasteiger partial charge in [0.2, 0.25) is 0 Å².